The molecular weight excluding hydrogens is 358 g/mol. The number of nitrogens with one attached hydrogen (secondary N) is 1. The van der Waals surface area contributed by atoms with Crippen molar-refractivity contribution in [3.05, 3.63) is 11.6 Å². The summed E-state index contributed by atoms with van der Waals surface area (Å²) >= 11 is 0. The average Bonchev–Trinajstić information content (AvgIpc) is 3.02. The first kappa shape index (κ1) is 21.8. The summed E-state index contributed by atoms with van der Waals surface area (Å²) < 4.78 is 6.94. The SMILES string of the molecule is C[C@@H]1CC=C2[C@]13CC[C@]1(C)O[C@]2(C)[C@@H](NCCCCN(C)CCCN(C)C)[C@H]1C3. The normalized spacial score (nSPS) is 42.8. The number of ether oxygens (including phenoxy) is 1. The second-order valence-electron chi connectivity index (χ2n) is 11.3. The molecule has 2 saturated carbocycles. The van der Waals surface area contributed by atoms with Crippen LogP contribution in [-0.4, -0.2) is 74.4 Å². The molecule has 4 rings (SSSR count). The Morgan fingerprint density at radius 2 is 1.83 bits per heavy atom. The molecule has 1 aliphatic heterocycles. The lowest BCUT2D eigenvalue weighted by molar-refractivity contribution is -0.0777. The fourth-order valence-electron chi connectivity index (χ4n) is 7.37. The topological polar surface area (TPSA) is 27.7 Å². The molecule has 3 aliphatic carbocycles. The predicted octanol–water partition coefficient (Wildman–Crippen LogP) is 3.92. The molecule has 0 unspecified atom stereocenters. The zero-order valence-electron chi connectivity index (χ0n) is 19.9. The molecule has 4 nitrogen and oxygen atoms in total. The van der Waals surface area contributed by atoms with Crippen LogP contribution in [0.4, 0.5) is 0 Å². The van der Waals surface area contributed by atoms with E-state index in [4.69, 9.17) is 4.74 Å². The molecule has 1 spiro atoms. The highest BCUT2D eigenvalue weighted by Gasteiger charge is 2.71. The van der Waals surface area contributed by atoms with Gasteiger partial charge in [0.1, 0.15) is 5.60 Å². The second kappa shape index (κ2) is 7.93. The summed E-state index contributed by atoms with van der Waals surface area (Å²) in [6, 6.07) is 0.496. The van der Waals surface area contributed by atoms with Crippen molar-refractivity contribution in [3.8, 4) is 0 Å². The number of hydrogen-bond acceptors (Lipinski definition) is 4. The zero-order chi connectivity index (χ0) is 20.9. The van der Waals surface area contributed by atoms with Gasteiger partial charge in [0.2, 0.25) is 0 Å². The fraction of sp³-hybridized carbons (Fsp3) is 0.920. The fourth-order valence-corrected chi connectivity index (χ4v) is 7.37. The summed E-state index contributed by atoms with van der Waals surface area (Å²) in [5.74, 6) is 1.47. The van der Waals surface area contributed by atoms with Crippen LogP contribution in [0.15, 0.2) is 11.6 Å². The zero-order valence-corrected chi connectivity index (χ0v) is 19.9. The maximum absolute atomic E-state index is 6.94. The summed E-state index contributed by atoms with van der Waals surface area (Å²) in [6.45, 7) is 12.0. The van der Waals surface area contributed by atoms with E-state index in [0.717, 1.165) is 12.5 Å². The van der Waals surface area contributed by atoms with Crippen molar-refractivity contribution >= 4 is 0 Å². The van der Waals surface area contributed by atoms with Crippen molar-refractivity contribution in [1.82, 2.24) is 15.1 Å². The molecule has 0 aromatic heterocycles. The molecule has 1 saturated heterocycles. The molecule has 0 radical (unpaired) electrons. The van der Waals surface area contributed by atoms with Crippen LogP contribution in [0.2, 0.25) is 0 Å². The van der Waals surface area contributed by atoms with Gasteiger partial charge in [-0.2, -0.15) is 0 Å². The highest BCUT2D eigenvalue weighted by molar-refractivity contribution is 5.42. The van der Waals surface area contributed by atoms with E-state index in [2.05, 4.69) is 63.1 Å². The van der Waals surface area contributed by atoms with E-state index in [0.29, 0.717) is 17.4 Å². The molecule has 3 fully saturated rings. The van der Waals surface area contributed by atoms with E-state index >= 15 is 0 Å². The summed E-state index contributed by atoms with van der Waals surface area (Å²) in [5, 5.41) is 4.00. The molecule has 4 heteroatoms. The minimum Gasteiger partial charge on any atom is -0.363 e. The van der Waals surface area contributed by atoms with Gasteiger partial charge in [-0.1, -0.05) is 13.0 Å². The van der Waals surface area contributed by atoms with Crippen LogP contribution in [-0.2, 0) is 4.74 Å². The number of nitrogens with zero attached hydrogens (tertiary/aromatic N) is 2. The number of rotatable bonds is 10. The summed E-state index contributed by atoms with van der Waals surface area (Å²) in [4.78, 5) is 4.77. The van der Waals surface area contributed by atoms with E-state index < -0.39 is 0 Å². The Kier molecular flexibility index (Phi) is 5.96. The molecular formula is C25H45N3O. The third-order valence-corrected chi connectivity index (χ3v) is 9.04. The minimum atomic E-state index is -0.0815. The molecule has 4 aliphatic rings. The third-order valence-electron chi connectivity index (χ3n) is 9.04. The monoisotopic (exact) mass is 403 g/mol. The molecule has 0 aromatic rings. The Bertz CT molecular complexity index is 634. The first-order valence-electron chi connectivity index (χ1n) is 12.2. The second-order valence-corrected chi connectivity index (χ2v) is 11.3. The molecule has 1 N–H and O–H groups in total. The summed E-state index contributed by atoms with van der Waals surface area (Å²) in [6.07, 6.45) is 11.5. The van der Waals surface area contributed by atoms with Gasteiger partial charge in [0.05, 0.1) is 5.60 Å². The van der Waals surface area contributed by atoms with Gasteiger partial charge in [0.15, 0.2) is 0 Å². The van der Waals surface area contributed by atoms with E-state index in [9.17, 15) is 0 Å². The van der Waals surface area contributed by atoms with Gasteiger partial charge in [-0.15, -0.1) is 0 Å². The maximum atomic E-state index is 6.94. The Labute approximate surface area is 179 Å². The Hall–Kier alpha value is -0.420. The molecule has 0 aromatic carbocycles. The van der Waals surface area contributed by atoms with Gasteiger partial charge < -0.3 is 19.9 Å². The first-order chi connectivity index (χ1) is 13.7. The smallest absolute Gasteiger partial charge is 0.103 e. The van der Waals surface area contributed by atoms with Crippen molar-refractivity contribution in [2.24, 2.45) is 17.3 Å². The van der Waals surface area contributed by atoms with Crippen molar-refractivity contribution < 1.29 is 4.74 Å². The lowest BCUT2D eigenvalue weighted by Gasteiger charge is -2.53. The van der Waals surface area contributed by atoms with E-state index in [-0.39, 0.29) is 11.2 Å². The predicted molar refractivity (Wildman–Crippen MR) is 121 cm³/mol. The lowest BCUT2D eigenvalue weighted by Crippen LogP contribution is -2.59. The van der Waals surface area contributed by atoms with Crippen LogP contribution < -0.4 is 5.32 Å². The van der Waals surface area contributed by atoms with Crippen LogP contribution in [0.1, 0.15) is 65.7 Å². The van der Waals surface area contributed by atoms with Crippen molar-refractivity contribution in [3.63, 3.8) is 0 Å². The Morgan fingerprint density at radius 1 is 1.07 bits per heavy atom. The molecule has 3 bridgehead atoms. The van der Waals surface area contributed by atoms with Crippen LogP contribution in [0.5, 0.6) is 0 Å². The van der Waals surface area contributed by atoms with Gasteiger partial charge in [0.25, 0.3) is 0 Å². The van der Waals surface area contributed by atoms with Gasteiger partial charge in [0, 0.05) is 12.0 Å². The van der Waals surface area contributed by atoms with Gasteiger partial charge in [-0.05, 0) is 123 Å². The largest absolute Gasteiger partial charge is 0.363 e. The van der Waals surface area contributed by atoms with E-state index in [1.165, 1.54) is 64.6 Å². The lowest BCUT2D eigenvalue weighted by atomic mass is 9.51. The maximum Gasteiger partial charge on any atom is 0.103 e. The molecule has 0 amide bonds. The van der Waals surface area contributed by atoms with Crippen LogP contribution in [0.3, 0.4) is 0 Å². The van der Waals surface area contributed by atoms with Gasteiger partial charge >= 0.3 is 0 Å². The van der Waals surface area contributed by atoms with Crippen molar-refractivity contribution in [1.29, 1.82) is 0 Å². The molecule has 6 atom stereocenters. The number of fused-ring (bicyclic) bond motifs is 2. The minimum absolute atomic E-state index is 0.0786. The van der Waals surface area contributed by atoms with E-state index in [1.54, 1.807) is 5.57 Å². The number of unbranched alkanes of at least 4 members (excludes halogenated alkanes) is 1. The van der Waals surface area contributed by atoms with Crippen molar-refractivity contribution in [2.75, 3.05) is 47.3 Å². The summed E-state index contributed by atoms with van der Waals surface area (Å²) in [5.41, 5.74) is 2.10. The van der Waals surface area contributed by atoms with Gasteiger partial charge in [-0.3, -0.25) is 0 Å². The molecule has 166 valence electrons. The third kappa shape index (κ3) is 3.62. The Morgan fingerprint density at radius 3 is 2.59 bits per heavy atom. The quantitative estimate of drug-likeness (QED) is 0.442. The first-order valence-corrected chi connectivity index (χ1v) is 12.2. The molecule has 29 heavy (non-hydrogen) atoms. The van der Waals surface area contributed by atoms with E-state index in [1.807, 2.05) is 0 Å². The van der Waals surface area contributed by atoms with Crippen LogP contribution in [0, 0.1) is 17.3 Å². The highest BCUT2D eigenvalue weighted by Crippen LogP contribution is 2.70. The standard InChI is InChI=1S/C25H45N3O/c1-19-10-11-21-24(3)22(20-18-25(19,21)13-12-23(20,2)29-24)26-14-7-8-16-28(6)17-9-15-27(4)5/h11,19-20,22,26H,7-10,12-18H2,1-6H3/t19-,20-,22+,23+,24+,25+/m1/s1. The van der Waals surface area contributed by atoms with Crippen molar-refractivity contribution in [2.45, 2.75) is 83.0 Å². The number of allylic oxidation sites excluding steroid dienone is 1. The average molecular weight is 404 g/mol. The molecule has 1 heterocycles. The van der Waals surface area contributed by atoms with Gasteiger partial charge in [-0.25, -0.2) is 0 Å². The highest BCUT2D eigenvalue weighted by atomic mass is 16.5. The van der Waals surface area contributed by atoms with Crippen LogP contribution in [0.25, 0.3) is 0 Å². The Balaban J connectivity index is 1.29. The number of hydrogen-bond donors (Lipinski definition) is 1. The summed E-state index contributed by atoms with van der Waals surface area (Å²) in [7, 11) is 6.58. The van der Waals surface area contributed by atoms with Crippen LogP contribution >= 0.6 is 0 Å².